The summed E-state index contributed by atoms with van der Waals surface area (Å²) < 4.78 is 0. The maximum Gasteiger partial charge on any atom is 0.0325 e. The average Bonchev–Trinajstić information content (AvgIpc) is 2.36. The minimum Gasteiger partial charge on any atom is -0.327 e. The van der Waals surface area contributed by atoms with Gasteiger partial charge in [-0.3, -0.25) is 0 Å². The van der Waals surface area contributed by atoms with Crippen LogP contribution in [-0.4, -0.2) is 6.54 Å². The van der Waals surface area contributed by atoms with E-state index in [0.717, 1.165) is 0 Å². The standard InChI is InChI=1S/C9H13NS/c1-7(3-5-10)9-8(2)4-6-11-9/h3-4,6H,5,10H2,1-2H3/b7-3-. The summed E-state index contributed by atoms with van der Waals surface area (Å²) in [5.41, 5.74) is 8.05. The molecule has 0 saturated carbocycles. The van der Waals surface area contributed by atoms with Crippen LogP contribution in [0.25, 0.3) is 5.57 Å². The average molecular weight is 167 g/mol. The molecule has 0 unspecified atom stereocenters. The Morgan fingerprint density at radius 1 is 1.73 bits per heavy atom. The molecule has 0 aliphatic carbocycles. The van der Waals surface area contributed by atoms with E-state index >= 15 is 0 Å². The molecular formula is C9H13NS. The third kappa shape index (κ3) is 1.91. The Hall–Kier alpha value is -0.600. The molecule has 2 heteroatoms. The molecule has 11 heavy (non-hydrogen) atoms. The molecule has 0 aliphatic rings. The highest BCUT2D eigenvalue weighted by atomic mass is 32.1. The van der Waals surface area contributed by atoms with Crippen molar-refractivity contribution in [2.24, 2.45) is 5.73 Å². The highest BCUT2D eigenvalue weighted by Crippen LogP contribution is 2.23. The van der Waals surface area contributed by atoms with Crippen molar-refractivity contribution in [2.45, 2.75) is 13.8 Å². The molecule has 1 aromatic heterocycles. The Morgan fingerprint density at radius 2 is 2.45 bits per heavy atom. The van der Waals surface area contributed by atoms with Gasteiger partial charge in [0.15, 0.2) is 0 Å². The SMILES string of the molecule is C/C(=C/CN)c1sccc1C. The van der Waals surface area contributed by atoms with Gasteiger partial charge < -0.3 is 5.73 Å². The van der Waals surface area contributed by atoms with Gasteiger partial charge in [0.2, 0.25) is 0 Å². The lowest BCUT2D eigenvalue weighted by Gasteiger charge is -1.97. The van der Waals surface area contributed by atoms with E-state index in [4.69, 9.17) is 5.73 Å². The summed E-state index contributed by atoms with van der Waals surface area (Å²) in [6.07, 6.45) is 2.05. The van der Waals surface area contributed by atoms with Crippen LogP contribution in [0.4, 0.5) is 0 Å². The van der Waals surface area contributed by atoms with E-state index in [-0.39, 0.29) is 0 Å². The van der Waals surface area contributed by atoms with Gasteiger partial charge in [0, 0.05) is 11.4 Å². The number of hydrogen-bond acceptors (Lipinski definition) is 2. The van der Waals surface area contributed by atoms with E-state index in [1.54, 1.807) is 11.3 Å². The largest absolute Gasteiger partial charge is 0.327 e. The molecule has 1 aromatic rings. The third-order valence-electron chi connectivity index (χ3n) is 1.64. The van der Waals surface area contributed by atoms with Crippen molar-refractivity contribution in [3.63, 3.8) is 0 Å². The molecule has 1 heterocycles. The van der Waals surface area contributed by atoms with E-state index in [0.29, 0.717) is 6.54 Å². The lowest BCUT2D eigenvalue weighted by molar-refractivity contribution is 1.25. The van der Waals surface area contributed by atoms with Crippen molar-refractivity contribution in [3.05, 3.63) is 28.0 Å². The van der Waals surface area contributed by atoms with E-state index in [2.05, 4.69) is 31.4 Å². The maximum absolute atomic E-state index is 5.41. The number of nitrogens with two attached hydrogens (primary N) is 1. The molecule has 0 spiro atoms. The molecule has 0 fully saturated rings. The molecule has 0 atom stereocenters. The lowest BCUT2D eigenvalue weighted by Crippen LogP contribution is -1.94. The predicted octanol–water partition coefficient (Wildman–Crippen LogP) is 2.42. The fraction of sp³-hybridized carbons (Fsp3) is 0.333. The van der Waals surface area contributed by atoms with Crippen LogP contribution in [0.3, 0.4) is 0 Å². The van der Waals surface area contributed by atoms with Crippen molar-refractivity contribution in [2.75, 3.05) is 6.54 Å². The number of aryl methyl sites for hydroxylation is 1. The van der Waals surface area contributed by atoms with E-state index in [1.165, 1.54) is 16.0 Å². The predicted molar refractivity (Wildman–Crippen MR) is 51.8 cm³/mol. The van der Waals surface area contributed by atoms with Crippen LogP contribution in [-0.2, 0) is 0 Å². The van der Waals surface area contributed by atoms with Gasteiger partial charge in [-0.1, -0.05) is 6.08 Å². The topological polar surface area (TPSA) is 26.0 Å². The van der Waals surface area contributed by atoms with Gasteiger partial charge in [-0.05, 0) is 36.4 Å². The van der Waals surface area contributed by atoms with Gasteiger partial charge in [-0.2, -0.15) is 0 Å². The molecular weight excluding hydrogens is 154 g/mol. The van der Waals surface area contributed by atoms with Gasteiger partial charge in [0.1, 0.15) is 0 Å². The first-order valence-corrected chi connectivity index (χ1v) is 4.55. The van der Waals surface area contributed by atoms with Crippen molar-refractivity contribution >= 4 is 16.9 Å². The van der Waals surface area contributed by atoms with Gasteiger partial charge in [0.05, 0.1) is 0 Å². The van der Waals surface area contributed by atoms with Crippen LogP contribution in [0.1, 0.15) is 17.4 Å². The smallest absolute Gasteiger partial charge is 0.0325 e. The molecule has 60 valence electrons. The fourth-order valence-corrected chi connectivity index (χ4v) is 1.98. The molecule has 0 aliphatic heterocycles. The highest BCUT2D eigenvalue weighted by Gasteiger charge is 1.99. The second-order valence-electron chi connectivity index (χ2n) is 2.56. The van der Waals surface area contributed by atoms with Crippen molar-refractivity contribution < 1.29 is 0 Å². The first-order valence-electron chi connectivity index (χ1n) is 3.67. The van der Waals surface area contributed by atoms with Crippen molar-refractivity contribution in [1.82, 2.24) is 0 Å². The van der Waals surface area contributed by atoms with Crippen LogP contribution in [0.5, 0.6) is 0 Å². The second kappa shape index (κ2) is 3.69. The zero-order chi connectivity index (χ0) is 8.27. The van der Waals surface area contributed by atoms with E-state index < -0.39 is 0 Å². The minimum absolute atomic E-state index is 0.628. The number of hydrogen-bond donors (Lipinski definition) is 1. The first kappa shape index (κ1) is 8.50. The van der Waals surface area contributed by atoms with Gasteiger partial charge in [-0.15, -0.1) is 11.3 Å². The second-order valence-corrected chi connectivity index (χ2v) is 3.47. The summed E-state index contributed by atoms with van der Waals surface area (Å²) >= 11 is 1.77. The van der Waals surface area contributed by atoms with Crippen molar-refractivity contribution in [1.29, 1.82) is 0 Å². The molecule has 0 radical (unpaired) electrons. The molecule has 1 rings (SSSR count). The Kier molecular flexibility index (Phi) is 2.85. The summed E-state index contributed by atoms with van der Waals surface area (Å²) in [5, 5.41) is 2.11. The summed E-state index contributed by atoms with van der Waals surface area (Å²) in [5.74, 6) is 0. The van der Waals surface area contributed by atoms with Gasteiger partial charge >= 0.3 is 0 Å². The first-order chi connectivity index (χ1) is 5.25. The van der Waals surface area contributed by atoms with Crippen LogP contribution in [0.2, 0.25) is 0 Å². The van der Waals surface area contributed by atoms with Gasteiger partial charge in [0.25, 0.3) is 0 Å². The van der Waals surface area contributed by atoms with Crippen molar-refractivity contribution in [3.8, 4) is 0 Å². The molecule has 1 nitrogen and oxygen atoms in total. The maximum atomic E-state index is 5.41. The number of thiophene rings is 1. The third-order valence-corrected chi connectivity index (χ3v) is 2.80. The zero-order valence-corrected chi connectivity index (χ0v) is 7.74. The van der Waals surface area contributed by atoms with Crippen LogP contribution in [0.15, 0.2) is 17.5 Å². The fourth-order valence-electron chi connectivity index (χ4n) is 1.05. The van der Waals surface area contributed by atoms with E-state index in [1.807, 2.05) is 0 Å². The Balaban J connectivity index is 2.92. The highest BCUT2D eigenvalue weighted by molar-refractivity contribution is 7.11. The number of allylic oxidation sites excluding steroid dienone is 1. The summed E-state index contributed by atoms with van der Waals surface area (Å²) in [4.78, 5) is 1.36. The molecule has 2 N–H and O–H groups in total. The zero-order valence-electron chi connectivity index (χ0n) is 6.92. The summed E-state index contributed by atoms with van der Waals surface area (Å²) in [6, 6.07) is 2.13. The summed E-state index contributed by atoms with van der Waals surface area (Å²) in [7, 11) is 0. The Bertz CT molecular complexity index is 260. The lowest BCUT2D eigenvalue weighted by atomic mass is 10.2. The molecule has 0 aromatic carbocycles. The normalized spacial score (nSPS) is 12.1. The molecule has 0 bridgehead atoms. The number of rotatable bonds is 2. The van der Waals surface area contributed by atoms with Crippen LogP contribution in [0, 0.1) is 6.92 Å². The summed E-state index contributed by atoms with van der Waals surface area (Å²) in [6.45, 7) is 4.86. The Morgan fingerprint density at radius 3 is 2.91 bits per heavy atom. The van der Waals surface area contributed by atoms with Crippen LogP contribution < -0.4 is 5.73 Å². The van der Waals surface area contributed by atoms with Gasteiger partial charge in [-0.25, -0.2) is 0 Å². The monoisotopic (exact) mass is 167 g/mol. The van der Waals surface area contributed by atoms with E-state index in [9.17, 15) is 0 Å². The quantitative estimate of drug-likeness (QED) is 0.719. The molecule has 0 amide bonds. The Labute approximate surface area is 71.5 Å². The molecule has 0 saturated heterocycles. The minimum atomic E-state index is 0.628. The van der Waals surface area contributed by atoms with Crippen LogP contribution >= 0.6 is 11.3 Å².